The third-order valence-corrected chi connectivity index (χ3v) is 2.83. The molecule has 1 aromatic heterocycles. The van der Waals surface area contributed by atoms with E-state index < -0.39 is 11.9 Å². The summed E-state index contributed by atoms with van der Waals surface area (Å²) in [6, 6.07) is 5.18. The number of carboxylic acids is 1. The summed E-state index contributed by atoms with van der Waals surface area (Å²) >= 11 is 0. The Balaban J connectivity index is 2.54. The van der Waals surface area contributed by atoms with E-state index in [-0.39, 0.29) is 11.6 Å². The third-order valence-electron chi connectivity index (χ3n) is 2.83. The molecule has 17 heavy (non-hydrogen) atoms. The van der Waals surface area contributed by atoms with E-state index in [0.717, 1.165) is 0 Å². The molecule has 0 amide bonds. The number of H-pyrrole nitrogens is 2. The average molecular weight is 234 g/mol. The number of benzene rings is 1. The van der Waals surface area contributed by atoms with Gasteiger partial charge in [0.15, 0.2) is 0 Å². The van der Waals surface area contributed by atoms with Crippen molar-refractivity contribution in [1.82, 2.24) is 9.97 Å². The van der Waals surface area contributed by atoms with E-state index in [1.165, 1.54) is 0 Å². The first-order chi connectivity index (χ1) is 7.99. The van der Waals surface area contributed by atoms with Gasteiger partial charge in [-0.2, -0.15) is 0 Å². The number of hydrogen-bond donors (Lipinski definition) is 3. The Kier molecular flexibility index (Phi) is 2.75. The van der Waals surface area contributed by atoms with E-state index in [0.29, 0.717) is 16.6 Å². The van der Waals surface area contributed by atoms with Crippen molar-refractivity contribution in [2.24, 2.45) is 5.92 Å². The summed E-state index contributed by atoms with van der Waals surface area (Å²) in [6.45, 7) is 3.73. The van der Waals surface area contributed by atoms with Crippen LogP contribution in [0, 0.1) is 5.92 Å². The third kappa shape index (κ3) is 2.08. The predicted molar refractivity (Wildman–Crippen MR) is 64.1 cm³/mol. The quantitative estimate of drug-likeness (QED) is 0.755. The molecule has 5 nitrogen and oxygen atoms in total. The van der Waals surface area contributed by atoms with Crippen LogP contribution < -0.4 is 5.69 Å². The summed E-state index contributed by atoms with van der Waals surface area (Å²) in [5.41, 5.74) is 1.75. The van der Waals surface area contributed by atoms with Gasteiger partial charge in [-0.25, -0.2) is 4.79 Å². The molecule has 1 atom stereocenters. The van der Waals surface area contributed by atoms with Crippen LogP contribution in [0.15, 0.2) is 23.0 Å². The molecule has 0 fully saturated rings. The molecule has 1 heterocycles. The minimum atomic E-state index is -0.850. The summed E-state index contributed by atoms with van der Waals surface area (Å²) < 4.78 is 0. The number of hydrogen-bond acceptors (Lipinski definition) is 2. The lowest BCUT2D eigenvalue weighted by Gasteiger charge is -2.16. The van der Waals surface area contributed by atoms with E-state index in [1.54, 1.807) is 18.2 Å². The minimum Gasteiger partial charge on any atom is -0.481 e. The molecule has 0 saturated heterocycles. The molecule has 2 aromatic rings. The smallest absolute Gasteiger partial charge is 0.323 e. The Morgan fingerprint density at radius 1 is 1.24 bits per heavy atom. The second-order valence-corrected chi connectivity index (χ2v) is 4.44. The molecule has 0 aliphatic rings. The number of rotatable bonds is 3. The second kappa shape index (κ2) is 4.08. The van der Waals surface area contributed by atoms with Gasteiger partial charge in [-0.1, -0.05) is 19.9 Å². The van der Waals surface area contributed by atoms with Gasteiger partial charge in [-0.15, -0.1) is 0 Å². The molecule has 1 aromatic carbocycles. The first kappa shape index (κ1) is 11.4. The summed E-state index contributed by atoms with van der Waals surface area (Å²) in [4.78, 5) is 27.6. The zero-order valence-electron chi connectivity index (χ0n) is 9.65. The lowest BCUT2D eigenvalue weighted by atomic mass is 9.88. The monoisotopic (exact) mass is 234 g/mol. The van der Waals surface area contributed by atoms with Crippen LogP contribution in [0.25, 0.3) is 11.0 Å². The predicted octanol–water partition coefficient (Wildman–Crippen LogP) is 1.68. The van der Waals surface area contributed by atoms with Gasteiger partial charge in [-0.3, -0.25) is 4.79 Å². The number of imidazole rings is 1. The maximum absolute atomic E-state index is 11.2. The number of carboxylic acid groups (broad SMARTS) is 1. The van der Waals surface area contributed by atoms with Crippen molar-refractivity contribution < 1.29 is 9.90 Å². The first-order valence-electron chi connectivity index (χ1n) is 5.44. The van der Waals surface area contributed by atoms with Crippen molar-refractivity contribution in [3.05, 3.63) is 34.2 Å². The first-order valence-corrected chi connectivity index (χ1v) is 5.44. The number of nitrogens with one attached hydrogen (secondary N) is 2. The van der Waals surface area contributed by atoms with Gasteiger partial charge in [0, 0.05) is 0 Å². The SMILES string of the molecule is CC(C)C(C(=O)O)c1ccc2[nH]c(=O)[nH]c2c1. The van der Waals surface area contributed by atoms with Gasteiger partial charge in [-0.05, 0) is 23.6 Å². The molecule has 0 aliphatic heterocycles. The zero-order valence-corrected chi connectivity index (χ0v) is 9.65. The average Bonchev–Trinajstić information content (AvgIpc) is 2.56. The van der Waals surface area contributed by atoms with Gasteiger partial charge < -0.3 is 15.1 Å². The van der Waals surface area contributed by atoms with Crippen LogP contribution in [0.3, 0.4) is 0 Å². The molecule has 90 valence electrons. The number of fused-ring (bicyclic) bond motifs is 1. The zero-order chi connectivity index (χ0) is 12.6. The van der Waals surface area contributed by atoms with E-state index in [9.17, 15) is 14.7 Å². The van der Waals surface area contributed by atoms with Crippen LogP contribution in [0.4, 0.5) is 0 Å². The van der Waals surface area contributed by atoms with Crippen molar-refractivity contribution in [2.45, 2.75) is 19.8 Å². The van der Waals surface area contributed by atoms with Crippen LogP contribution in [0.5, 0.6) is 0 Å². The molecule has 2 rings (SSSR count). The minimum absolute atomic E-state index is 0.00406. The fraction of sp³-hybridized carbons (Fsp3) is 0.333. The van der Waals surface area contributed by atoms with Crippen LogP contribution in [0.2, 0.25) is 0 Å². The van der Waals surface area contributed by atoms with Gasteiger partial charge in [0.25, 0.3) is 0 Å². The molecular weight excluding hydrogens is 220 g/mol. The highest BCUT2D eigenvalue weighted by molar-refractivity contribution is 5.80. The topological polar surface area (TPSA) is 85.9 Å². The van der Waals surface area contributed by atoms with Crippen molar-refractivity contribution >= 4 is 17.0 Å². The summed E-state index contributed by atoms with van der Waals surface area (Å²) in [5.74, 6) is -1.41. The van der Waals surface area contributed by atoms with Crippen molar-refractivity contribution in [3.63, 3.8) is 0 Å². The van der Waals surface area contributed by atoms with Crippen LogP contribution >= 0.6 is 0 Å². The maximum Gasteiger partial charge on any atom is 0.323 e. The Morgan fingerprint density at radius 3 is 2.47 bits per heavy atom. The molecule has 0 radical (unpaired) electrons. The largest absolute Gasteiger partial charge is 0.481 e. The molecule has 0 aliphatic carbocycles. The Labute approximate surface area is 97.5 Å². The molecule has 1 unspecified atom stereocenters. The van der Waals surface area contributed by atoms with E-state index in [1.807, 2.05) is 13.8 Å². The van der Waals surface area contributed by atoms with Gasteiger partial charge in [0.2, 0.25) is 0 Å². The fourth-order valence-electron chi connectivity index (χ4n) is 2.06. The standard InChI is InChI=1S/C12H14N2O3/c1-6(2)10(11(15)16)7-3-4-8-9(5-7)14-12(17)13-8/h3-6,10H,1-2H3,(H,15,16)(H2,13,14,17). The fourth-order valence-corrected chi connectivity index (χ4v) is 2.06. The summed E-state index contributed by atoms with van der Waals surface area (Å²) in [7, 11) is 0. The highest BCUT2D eigenvalue weighted by atomic mass is 16.4. The Hall–Kier alpha value is -2.04. The normalized spacial score (nSPS) is 13.1. The Bertz CT molecular complexity index is 609. The Morgan fingerprint density at radius 2 is 1.88 bits per heavy atom. The van der Waals surface area contributed by atoms with Crippen LogP contribution in [0.1, 0.15) is 25.3 Å². The van der Waals surface area contributed by atoms with Crippen molar-refractivity contribution in [1.29, 1.82) is 0 Å². The summed E-state index contributed by atoms with van der Waals surface area (Å²) in [5, 5.41) is 9.19. The lowest BCUT2D eigenvalue weighted by molar-refractivity contribution is -0.139. The van der Waals surface area contributed by atoms with Gasteiger partial charge >= 0.3 is 11.7 Å². The number of aromatic amines is 2. The molecular formula is C12H14N2O3. The lowest BCUT2D eigenvalue weighted by Crippen LogP contribution is -2.17. The molecule has 0 bridgehead atoms. The van der Waals surface area contributed by atoms with Crippen LogP contribution in [-0.4, -0.2) is 21.0 Å². The molecule has 0 saturated carbocycles. The summed E-state index contributed by atoms with van der Waals surface area (Å²) in [6.07, 6.45) is 0. The second-order valence-electron chi connectivity index (χ2n) is 4.44. The van der Waals surface area contributed by atoms with Gasteiger partial charge in [0.1, 0.15) is 0 Å². The molecule has 3 N–H and O–H groups in total. The maximum atomic E-state index is 11.2. The van der Waals surface area contributed by atoms with E-state index in [4.69, 9.17) is 0 Å². The van der Waals surface area contributed by atoms with Crippen molar-refractivity contribution in [2.75, 3.05) is 0 Å². The highest BCUT2D eigenvalue weighted by Gasteiger charge is 2.23. The van der Waals surface area contributed by atoms with Gasteiger partial charge in [0.05, 0.1) is 17.0 Å². The molecule has 0 spiro atoms. The van der Waals surface area contributed by atoms with E-state index in [2.05, 4.69) is 9.97 Å². The van der Waals surface area contributed by atoms with E-state index >= 15 is 0 Å². The number of carbonyl (C=O) groups is 1. The molecule has 5 heteroatoms. The number of aliphatic carboxylic acids is 1. The van der Waals surface area contributed by atoms with Crippen molar-refractivity contribution in [3.8, 4) is 0 Å². The highest BCUT2D eigenvalue weighted by Crippen LogP contribution is 2.26. The number of aromatic nitrogens is 2. The van der Waals surface area contributed by atoms with Crippen LogP contribution in [-0.2, 0) is 4.79 Å².